The second kappa shape index (κ2) is 14.3. The van der Waals surface area contributed by atoms with Crippen LogP contribution in [0.1, 0.15) is 111 Å². The number of nitrogens with one attached hydrogen (secondary N) is 2. The second-order valence-corrected chi connectivity index (χ2v) is 15.0. The summed E-state index contributed by atoms with van der Waals surface area (Å²) >= 11 is 0. The van der Waals surface area contributed by atoms with Gasteiger partial charge in [-0.15, -0.1) is 0 Å². The average molecular weight is 612 g/mol. The summed E-state index contributed by atoms with van der Waals surface area (Å²) in [6.45, 7) is 11.4. The van der Waals surface area contributed by atoms with E-state index in [1.54, 1.807) is 4.90 Å². The minimum Gasteiger partial charge on any atom is -0.458 e. The molecule has 0 bridgehead atoms. The normalized spacial score (nSPS) is 24.0. The van der Waals surface area contributed by atoms with Crippen LogP contribution in [0.15, 0.2) is 30.3 Å². The summed E-state index contributed by atoms with van der Waals surface area (Å²) in [5.41, 5.74) is -0.473. The number of benzene rings is 1. The molecule has 1 aromatic rings. The number of carbonyl (C=O) groups is 4. The fourth-order valence-electron chi connectivity index (χ4n) is 7.14. The lowest BCUT2D eigenvalue weighted by atomic mass is 9.81. The minimum absolute atomic E-state index is 0.0595. The largest absolute Gasteiger partial charge is 0.458 e. The standard InChI is InChI=1S/C35H53N3O6/c1-34(2,3)29(31(40)38-26-20-14-13-19-25(26)21-27(38)32(41)44-35(4,5)6)37-30(39)28(24-17-11-8-12-18-24)36-33(42)43-22-23-15-9-7-10-16-23/h7,9-10,15-16,24-29H,8,11-14,17-22H2,1-6H3,(H,36,42)(H,37,39). The van der Waals surface area contributed by atoms with Crippen LogP contribution in [0.2, 0.25) is 0 Å². The van der Waals surface area contributed by atoms with Gasteiger partial charge in [-0.1, -0.05) is 83.2 Å². The molecule has 4 rings (SSSR count). The van der Waals surface area contributed by atoms with Crippen LogP contribution in [0.5, 0.6) is 0 Å². The van der Waals surface area contributed by atoms with Gasteiger partial charge in [0.05, 0.1) is 0 Å². The number of nitrogens with zero attached hydrogens (tertiary/aromatic N) is 1. The summed E-state index contributed by atoms with van der Waals surface area (Å²) in [6.07, 6.45) is 8.47. The molecule has 44 heavy (non-hydrogen) atoms. The summed E-state index contributed by atoms with van der Waals surface area (Å²) in [5.74, 6) is -0.868. The van der Waals surface area contributed by atoms with Crippen molar-refractivity contribution in [2.75, 3.05) is 0 Å². The van der Waals surface area contributed by atoms with Gasteiger partial charge in [-0.2, -0.15) is 0 Å². The highest BCUT2D eigenvalue weighted by Crippen LogP contribution is 2.42. The first-order valence-corrected chi connectivity index (χ1v) is 16.6. The van der Waals surface area contributed by atoms with E-state index in [2.05, 4.69) is 10.6 Å². The second-order valence-electron chi connectivity index (χ2n) is 15.0. The van der Waals surface area contributed by atoms with Crippen LogP contribution < -0.4 is 10.6 Å². The highest BCUT2D eigenvalue weighted by molar-refractivity contribution is 5.94. The average Bonchev–Trinajstić information content (AvgIpc) is 3.37. The van der Waals surface area contributed by atoms with E-state index in [9.17, 15) is 19.2 Å². The third-order valence-corrected chi connectivity index (χ3v) is 9.31. The number of esters is 1. The molecule has 2 aliphatic carbocycles. The zero-order chi connectivity index (χ0) is 32.1. The highest BCUT2D eigenvalue weighted by Gasteiger charge is 2.52. The quantitative estimate of drug-likeness (QED) is 0.354. The third-order valence-electron chi connectivity index (χ3n) is 9.31. The molecule has 244 valence electrons. The molecule has 1 saturated heterocycles. The lowest BCUT2D eigenvalue weighted by Crippen LogP contribution is -2.62. The lowest BCUT2D eigenvalue weighted by Gasteiger charge is -2.40. The third kappa shape index (κ3) is 8.75. The van der Waals surface area contributed by atoms with Gasteiger partial charge in [0.25, 0.3) is 0 Å². The van der Waals surface area contributed by atoms with Gasteiger partial charge in [0, 0.05) is 6.04 Å². The van der Waals surface area contributed by atoms with Crippen molar-refractivity contribution in [2.45, 2.75) is 142 Å². The Morgan fingerprint density at radius 1 is 0.864 bits per heavy atom. The number of hydrogen-bond donors (Lipinski definition) is 2. The summed E-state index contributed by atoms with van der Waals surface area (Å²) < 4.78 is 11.3. The van der Waals surface area contributed by atoms with Crippen LogP contribution in [-0.2, 0) is 30.5 Å². The van der Waals surface area contributed by atoms with E-state index < -0.39 is 41.1 Å². The van der Waals surface area contributed by atoms with Crippen molar-refractivity contribution in [3.8, 4) is 0 Å². The molecular formula is C35H53N3O6. The molecule has 9 nitrogen and oxygen atoms in total. The van der Waals surface area contributed by atoms with Gasteiger partial charge < -0.3 is 25.0 Å². The van der Waals surface area contributed by atoms with Crippen molar-refractivity contribution in [3.63, 3.8) is 0 Å². The molecule has 2 N–H and O–H groups in total. The molecule has 1 heterocycles. The number of fused-ring (bicyclic) bond motifs is 1. The molecule has 3 aliphatic rings. The van der Waals surface area contributed by atoms with Crippen LogP contribution >= 0.6 is 0 Å². The summed E-state index contributed by atoms with van der Waals surface area (Å²) in [6, 6.07) is 6.92. The number of amides is 3. The molecule has 3 fully saturated rings. The molecular weight excluding hydrogens is 558 g/mol. The summed E-state index contributed by atoms with van der Waals surface area (Å²) in [5, 5.41) is 5.91. The number of rotatable bonds is 8. The molecule has 5 unspecified atom stereocenters. The Kier molecular flexibility index (Phi) is 11.0. The summed E-state index contributed by atoms with van der Waals surface area (Å²) in [4.78, 5) is 56.7. The van der Waals surface area contributed by atoms with Crippen molar-refractivity contribution in [1.29, 1.82) is 0 Å². The lowest BCUT2D eigenvalue weighted by molar-refractivity contribution is -0.165. The van der Waals surface area contributed by atoms with Gasteiger partial charge in [-0.3, -0.25) is 9.59 Å². The fraction of sp³-hybridized carbons (Fsp3) is 0.714. The van der Waals surface area contributed by atoms with Crippen LogP contribution in [0.4, 0.5) is 4.79 Å². The van der Waals surface area contributed by atoms with Gasteiger partial charge in [0.2, 0.25) is 11.8 Å². The number of likely N-dealkylation sites (tertiary alicyclic amines) is 1. The molecule has 0 aromatic heterocycles. The predicted octanol–water partition coefficient (Wildman–Crippen LogP) is 5.89. The van der Waals surface area contributed by atoms with Crippen molar-refractivity contribution >= 4 is 23.9 Å². The topological polar surface area (TPSA) is 114 Å². The molecule has 1 aliphatic heterocycles. The SMILES string of the molecule is CC(C)(C)OC(=O)C1CC2CCCCC2N1C(=O)C(NC(=O)C(NC(=O)OCc1ccccc1)C1CCCCC1)C(C)(C)C. The zero-order valence-corrected chi connectivity index (χ0v) is 27.5. The molecule has 3 amide bonds. The van der Waals surface area contributed by atoms with E-state index in [1.165, 1.54) is 0 Å². The van der Waals surface area contributed by atoms with Crippen molar-refractivity contribution in [3.05, 3.63) is 35.9 Å². The van der Waals surface area contributed by atoms with Crippen molar-refractivity contribution in [2.24, 2.45) is 17.3 Å². The number of carbonyl (C=O) groups excluding carboxylic acids is 4. The van der Waals surface area contributed by atoms with Crippen LogP contribution in [0.25, 0.3) is 0 Å². The van der Waals surface area contributed by atoms with E-state index in [0.29, 0.717) is 6.42 Å². The van der Waals surface area contributed by atoms with E-state index in [4.69, 9.17) is 9.47 Å². The fourth-order valence-corrected chi connectivity index (χ4v) is 7.14. The van der Waals surface area contributed by atoms with Gasteiger partial charge in [-0.25, -0.2) is 9.59 Å². The van der Waals surface area contributed by atoms with Crippen molar-refractivity contribution < 1.29 is 28.7 Å². The Bertz CT molecular complexity index is 1150. The molecule has 0 spiro atoms. The van der Waals surface area contributed by atoms with Gasteiger partial charge >= 0.3 is 12.1 Å². The monoisotopic (exact) mass is 611 g/mol. The highest BCUT2D eigenvalue weighted by atomic mass is 16.6. The Labute approximate surface area is 263 Å². The minimum atomic E-state index is -0.895. The predicted molar refractivity (Wildman–Crippen MR) is 168 cm³/mol. The van der Waals surface area contributed by atoms with E-state index in [-0.39, 0.29) is 36.4 Å². The molecule has 9 heteroatoms. The maximum atomic E-state index is 14.5. The van der Waals surface area contributed by atoms with Gasteiger partial charge in [0.1, 0.15) is 30.3 Å². The zero-order valence-electron chi connectivity index (χ0n) is 27.5. The molecule has 0 radical (unpaired) electrons. The first-order valence-electron chi connectivity index (χ1n) is 16.6. The maximum absolute atomic E-state index is 14.5. The van der Waals surface area contributed by atoms with Crippen molar-refractivity contribution in [1.82, 2.24) is 15.5 Å². The first kappa shape index (κ1) is 33.8. The molecule has 5 atom stereocenters. The Balaban J connectivity index is 1.55. The van der Waals surface area contributed by atoms with Gasteiger partial charge in [0.15, 0.2) is 0 Å². The number of hydrogen-bond acceptors (Lipinski definition) is 6. The first-order chi connectivity index (χ1) is 20.7. The molecule has 2 saturated carbocycles. The number of alkyl carbamates (subject to hydrolysis) is 1. The van der Waals surface area contributed by atoms with E-state index in [1.807, 2.05) is 71.9 Å². The number of ether oxygens (including phenoxy) is 2. The maximum Gasteiger partial charge on any atom is 0.408 e. The van der Waals surface area contributed by atoms with E-state index in [0.717, 1.165) is 63.4 Å². The Hall–Kier alpha value is -3.10. The molecule has 1 aromatic carbocycles. The Morgan fingerprint density at radius 2 is 1.50 bits per heavy atom. The Morgan fingerprint density at radius 3 is 2.14 bits per heavy atom. The summed E-state index contributed by atoms with van der Waals surface area (Å²) in [7, 11) is 0. The van der Waals surface area contributed by atoms with Gasteiger partial charge in [-0.05, 0) is 75.7 Å². The van der Waals surface area contributed by atoms with Crippen LogP contribution in [0, 0.1) is 17.3 Å². The van der Waals surface area contributed by atoms with E-state index >= 15 is 0 Å². The van der Waals surface area contributed by atoms with Crippen LogP contribution in [-0.4, -0.2) is 58.5 Å². The smallest absolute Gasteiger partial charge is 0.408 e. The van der Waals surface area contributed by atoms with Crippen LogP contribution in [0.3, 0.4) is 0 Å².